The first-order valence-corrected chi connectivity index (χ1v) is 12.3. The van der Waals surface area contributed by atoms with Gasteiger partial charge in [-0.1, -0.05) is 70.2 Å². The number of benzene rings is 2. The van der Waals surface area contributed by atoms with E-state index in [0.29, 0.717) is 13.2 Å². The molecule has 0 aromatic heterocycles. The maximum absolute atomic E-state index is 12.6. The monoisotopic (exact) mass is 448 g/mol. The highest BCUT2D eigenvalue weighted by Crippen LogP contribution is 2.37. The van der Waals surface area contributed by atoms with Crippen molar-refractivity contribution < 1.29 is 14.3 Å². The van der Waals surface area contributed by atoms with Crippen molar-refractivity contribution in [3.8, 4) is 5.75 Å². The van der Waals surface area contributed by atoms with Gasteiger partial charge < -0.3 is 9.47 Å². The van der Waals surface area contributed by atoms with Gasteiger partial charge in [-0.05, 0) is 85.3 Å². The number of ether oxygens (including phenoxy) is 2. The van der Waals surface area contributed by atoms with Crippen LogP contribution in [0, 0.1) is 16.7 Å². The number of esters is 1. The smallest absolute Gasteiger partial charge is 0.311 e. The van der Waals surface area contributed by atoms with Gasteiger partial charge >= 0.3 is 5.97 Å². The second kappa shape index (κ2) is 10.6. The lowest BCUT2D eigenvalue weighted by Gasteiger charge is -2.34. The molecule has 0 fully saturated rings. The summed E-state index contributed by atoms with van der Waals surface area (Å²) < 4.78 is 11.6. The third kappa shape index (κ3) is 6.96. The molecule has 3 nitrogen and oxygen atoms in total. The Morgan fingerprint density at radius 2 is 1.70 bits per heavy atom. The molecule has 0 radical (unpaired) electrons. The van der Waals surface area contributed by atoms with Crippen molar-refractivity contribution in [2.45, 2.75) is 67.2 Å². The SMILES string of the molecule is CC(CC(C)(C)C)C(C)(C)C(=O)OCCCCOc1cccc(C2=Cc3ccccc3C2)c1. The maximum atomic E-state index is 12.6. The summed E-state index contributed by atoms with van der Waals surface area (Å²) in [4.78, 5) is 12.6. The number of fused-ring (bicyclic) bond motifs is 1. The fourth-order valence-electron chi connectivity index (χ4n) is 4.37. The van der Waals surface area contributed by atoms with Crippen LogP contribution in [0.15, 0.2) is 48.5 Å². The molecule has 3 rings (SSSR count). The third-order valence-corrected chi connectivity index (χ3v) is 6.69. The lowest BCUT2D eigenvalue weighted by molar-refractivity contribution is -0.157. The minimum absolute atomic E-state index is 0.0984. The van der Waals surface area contributed by atoms with E-state index in [4.69, 9.17) is 9.47 Å². The molecule has 2 aromatic rings. The molecule has 178 valence electrons. The Balaban J connectivity index is 1.40. The van der Waals surface area contributed by atoms with E-state index in [-0.39, 0.29) is 17.3 Å². The highest BCUT2D eigenvalue weighted by atomic mass is 16.5. The summed E-state index contributed by atoms with van der Waals surface area (Å²) in [7, 11) is 0. The van der Waals surface area contributed by atoms with E-state index in [1.165, 1.54) is 22.3 Å². The summed E-state index contributed by atoms with van der Waals surface area (Å²) >= 11 is 0. The molecule has 0 saturated carbocycles. The summed E-state index contributed by atoms with van der Waals surface area (Å²) in [5, 5.41) is 0. The fourth-order valence-corrected chi connectivity index (χ4v) is 4.37. The van der Waals surface area contributed by atoms with Crippen LogP contribution in [-0.4, -0.2) is 19.2 Å². The van der Waals surface area contributed by atoms with Crippen molar-refractivity contribution in [3.05, 3.63) is 65.2 Å². The Labute approximate surface area is 200 Å². The van der Waals surface area contributed by atoms with Crippen LogP contribution in [-0.2, 0) is 16.0 Å². The molecule has 0 aliphatic heterocycles. The van der Waals surface area contributed by atoms with Gasteiger partial charge in [0.1, 0.15) is 5.75 Å². The maximum Gasteiger partial charge on any atom is 0.311 e. The van der Waals surface area contributed by atoms with Crippen LogP contribution in [0.2, 0.25) is 0 Å². The Morgan fingerprint density at radius 1 is 0.970 bits per heavy atom. The van der Waals surface area contributed by atoms with Crippen molar-refractivity contribution in [2.75, 3.05) is 13.2 Å². The number of unbranched alkanes of at least 4 members (excludes halogenated alkanes) is 1. The number of allylic oxidation sites excluding steroid dienone is 1. The molecular formula is C30H40O3. The van der Waals surface area contributed by atoms with E-state index in [1.54, 1.807) is 0 Å². The normalized spacial score (nSPS) is 14.4. The van der Waals surface area contributed by atoms with Crippen LogP contribution in [0.1, 0.15) is 77.5 Å². The Kier molecular flexibility index (Phi) is 8.05. The van der Waals surface area contributed by atoms with Crippen molar-refractivity contribution >= 4 is 17.6 Å². The van der Waals surface area contributed by atoms with Crippen LogP contribution >= 0.6 is 0 Å². The van der Waals surface area contributed by atoms with Crippen molar-refractivity contribution in [1.29, 1.82) is 0 Å². The van der Waals surface area contributed by atoms with Gasteiger partial charge in [0.25, 0.3) is 0 Å². The summed E-state index contributed by atoms with van der Waals surface area (Å²) in [6.07, 6.45) is 5.88. The largest absolute Gasteiger partial charge is 0.494 e. The highest BCUT2D eigenvalue weighted by molar-refractivity contribution is 5.88. The topological polar surface area (TPSA) is 35.5 Å². The molecule has 0 heterocycles. The van der Waals surface area contributed by atoms with Gasteiger partial charge in [-0.3, -0.25) is 4.79 Å². The average Bonchev–Trinajstić information content (AvgIpc) is 3.19. The van der Waals surface area contributed by atoms with Crippen molar-refractivity contribution in [1.82, 2.24) is 0 Å². The lowest BCUT2D eigenvalue weighted by atomic mass is 9.72. The van der Waals surface area contributed by atoms with Crippen LogP contribution in [0.5, 0.6) is 5.75 Å². The Morgan fingerprint density at radius 3 is 2.42 bits per heavy atom. The van der Waals surface area contributed by atoms with Crippen LogP contribution in [0.25, 0.3) is 11.6 Å². The third-order valence-electron chi connectivity index (χ3n) is 6.69. The van der Waals surface area contributed by atoms with E-state index in [2.05, 4.69) is 76.2 Å². The first-order chi connectivity index (χ1) is 15.6. The Hall–Kier alpha value is -2.55. The zero-order valence-electron chi connectivity index (χ0n) is 21.2. The molecule has 1 unspecified atom stereocenters. The summed E-state index contributed by atoms with van der Waals surface area (Å²) in [5.41, 5.74) is 4.96. The summed E-state index contributed by atoms with van der Waals surface area (Å²) in [5.74, 6) is 1.06. The fraction of sp³-hybridized carbons (Fsp3) is 0.500. The number of rotatable bonds is 10. The zero-order valence-corrected chi connectivity index (χ0v) is 21.2. The van der Waals surface area contributed by atoms with Crippen LogP contribution in [0.3, 0.4) is 0 Å². The molecule has 0 N–H and O–H groups in total. The van der Waals surface area contributed by atoms with Gasteiger partial charge in [-0.15, -0.1) is 0 Å². The molecule has 33 heavy (non-hydrogen) atoms. The minimum Gasteiger partial charge on any atom is -0.494 e. The van der Waals surface area contributed by atoms with Gasteiger partial charge in [0.2, 0.25) is 0 Å². The molecule has 0 amide bonds. The molecule has 1 aliphatic rings. The van der Waals surface area contributed by atoms with E-state index in [0.717, 1.165) is 31.4 Å². The van der Waals surface area contributed by atoms with E-state index in [9.17, 15) is 4.79 Å². The van der Waals surface area contributed by atoms with Crippen LogP contribution in [0.4, 0.5) is 0 Å². The molecule has 0 bridgehead atoms. The Bertz CT molecular complexity index is 978. The van der Waals surface area contributed by atoms with Gasteiger partial charge in [0.05, 0.1) is 18.6 Å². The average molecular weight is 449 g/mol. The predicted molar refractivity (Wildman–Crippen MR) is 137 cm³/mol. The first kappa shape index (κ1) is 25.1. The minimum atomic E-state index is -0.473. The number of hydrogen-bond acceptors (Lipinski definition) is 3. The zero-order chi connectivity index (χ0) is 24.1. The summed E-state index contributed by atoms with van der Waals surface area (Å²) in [6.45, 7) is 13.8. The number of hydrogen-bond donors (Lipinski definition) is 0. The van der Waals surface area contributed by atoms with Crippen molar-refractivity contribution in [3.63, 3.8) is 0 Å². The first-order valence-electron chi connectivity index (χ1n) is 12.3. The number of carbonyl (C=O) groups excluding carboxylic acids is 1. The number of carbonyl (C=O) groups is 1. The quantitative estimate of drug-likeness (QED) is 0.277. The van der Waals surface area contributed by atoms with E-state index >= 15 is 0 Å². The second-order valence-corrected chi connectivity index (χ2v) is 11.2. The molecule has 3 heteroatoms. The molecule has 2 aromatic carbocycles. The lowest BCUT2D eigenvalue weighted by Crippen LogP contribution is -2.35. The van der Waals surface area contributed by atoms with E-state index in [1.807, 2.05) is 19.9 Å². The second-order valence-electron chi connectivity index (χ2n) is 11.2. The standard InChI is InChI=1S/C30H40O3/c1-22(21-29(2,3)4)30(5,6)28(31)33-17-10-9-16-32-27-15-11-14-25(20-27)26-18-23-12-7-8-13-24(23)19-26/h7-8,11-15,18,20,22H,9-10,16-17,19,21H2,1-6H3. The van der Waals surface area contributed by atoms with Crippen LogP contribution < -0.4 is 4.74 Å². The van der Waals surface area contributed by atoms with Crippen molar-refractivity contribution in [2.24, 2.45) is 16.7 Å². The molecule has 1 atom stereocenters. The summed E-state index contributed by atoms with van der Waals surface area (Å²) in [6, 6.07) is 16.9. The van der Waals surface area contributed by atoms with Gasteiger partial charge in [-0.2, -0.15) is 0 Å². The van der Waals surface area contributed by atoms with Gasteiger partial charge in [-0.25, -0.2) is 0 Å². The molecular weight excluding hydrogens is 408 g/mol. The van der Waals surface area contributed by atoms with E-state index < -0.39 is 5.41 Å². The highest BCUT2D eigenvalue weighted by Gasteiger charge is 2.37. The molecule has 1 aliphatic carbocycles. The van der Waals surface area contributed by atoms with Gasteiger partial charge in [0.15, 0.2) is 0 Å². The molecule has 0 spiro atoms. The molecule has 0 saturated heterocycles. The van der Waals surface area contributed by atoms with Gasteiger partial charge in [0, 0.05) is 0 Å². The predicted octanol–water partition coefficient (Wildman–Crippen LogP) is 7.58.